The molecule has 4 unspecified atom stereocenters. The molecule has 5 rings (SSSR count). The molecule has 7 heteroatoms. The Labute approximate surface area is 168 Å². The molecule has 2 saturated carbocycles. The van der Waals surface area contributed by atoms with Gasteiger partial charge in [0.05, 0.1) is 12.0 Å². The van der Waals surface area contributed by atoms with Crippen molar-refractivity contribution >= 4 is 29.2 Å². The summed E-state index contributed by atoms with van der Waals surface area (Å²) < 4.78 is 6.37. The fraction of sp³-hybridized carbons (Fsp3) is 0.571. The van der Waals surface area contributed by atoms with Gasteiger partial charge in [0.25, 0.3) is 0 Å². The van der Waals surface area contributed by atoms with E-state index >= 15 is 0 Å². The molecule has 1 aromatic rings. The van der Waals surface area contributed by atoms with Crippen LogP contribution in [0.25, 0.3) is 0 Å². The number of piperazine rings is 1. The van der Waals surface area contributed by atoms with Crippen molar-refractivity contribution in [1.29, 1.82) is 0 Å². The molecule has 0 aromatic heterocycles. The van der Waals surface area contributed by atoms with Gasteiger partial charge in [-0.2, -0.15) is 0 Å². The van der Waals surface area contributed by atoms with Gasteiger partial charge in [0.2, 0.25) is 11.8 Å². The van der Waals surface area contributed by atoms with E-state index in [4.69, 9.17) is 16.3 Å². The van der Waals surface area contributed by atoms with E-state index in [0.29, 0.717) is 54.9 Å². The van der Waals surface area contributed by atoms with Crippen LogP contribution in [0.4, 0.5) is 0 Å². The lowest BCUT2D eigenvalue weighted by Crippen LogP contribution is -2.51. The van der Waals surface area contributed by atoms with Crippen LogP contribution in [0.1, 0.15) is 36.5 Å². The molecule has 28 heavy (non-hydrogen) atoms. The van der Waals surface area contributed by atoms with E-state index in [2.05, 4.69) is 0 Å². The highest BCUT2D eigenvalue weighted by molar-refractivity contribution is 6.31. The summed E-state index contributed by atoms with van der Waals surface area (Å²) >= 11 is 6.03. The van der Waals surface area contributed by atoms with Crippen molar-refractivity contribution in [1.82, 2.24) is 9.80 Å². The Morgan fingerprint density at radius 2 is 1.89 bits per heavy atom. The number of hydrogen-bond donors (Lipinski definition) is 0. The molecule has 1 spiro atoms. The molecule has 6 nitrogen and oxygen atoms in total. The monoisotopic (exact) mass is 402 g/mol. The molecule has 2 aliphatic heterocycles. The summed E-state index contributed by atoms with van der Waals surface area (Å²) in [5.74, 6) is 1.22. The predicted molar refractivity (Wildman–Crippen MR) is 102 cm³/mol. The van der Waals surface area contributed by atoms with Gasteiger partial charge < -0.3 is 14.5 Å². The number of fused-ring (bicyclic) bond motifs is 3. The zero-order chi connectivity index (χ0) is 19.6. The highest BCUT2D eigenvalue weighted by Crippen LogP contribution is 2.66. The number of benzene rings is 1. The van der Waals surface area contributed by atoms with Gasteiger partial charge in [0.1, 0.15) is 11.4 Å². The topological polar surface area (TPSA) is 66.9 Å². The molecule has 0 radical (unpaired) electrons. The van der Waals surface area contributed by atoms with Gasteiger partial charge >= 0.3 is 0 Å². The maximum Gasteiger partial charge on any atom is 0.226 e. The minimum Gasteiger partial charge on any atom is -0.486 e. The predicted octanol–water partition coefficient (Wildman–Crippen LogP) is 2.39. The maximum atomic E-state index is 13.1. The first-order valence-electron chi connectivity index (χ1n) is 9.96. The van der Waals surface area contributed by atoms with Crippen molar-refractivity contribution in [2.75, 3.05) is 26.2 Å². The Kier molecular flexibility index (Phi) is 3.99. The van der Waals surface area contributed by atoms with Gasteiger partial charge in [-0.25, -0.2) is 0 Å². The third kappa shape index (κ3) is 2.65. The van der Waals surface area contributed by atoms with Crippen LogP contribution < -0.4 is 4.74 Å². The quantitative estimate of drug-likeness (QED) is 0.723. The second-order valence-electron chi connectivity index (χ2n) is 8.49. The van der Waals surface area contributed by atoms with Crippen LogP contribution >= 0.6 is 11.6 Å². The van der Waals surface area contributed by atoms with Gasteiger partial charge in [-0.3, -0.25) is 14.4 Å². The average Bonchev–Trinajstić information content (AvgIpc) is 3.32. The maximum absolute atomic E-state index is 13.1. The highest BCUT2D eigenvalue weighted by Gasteiger charge is 2.71. The molecule has 1 aromatic carbocycles. The summed E-state index contributed by atoms with van der Waals surface area (Å²) in [6, 6.07) is 5.18. The van der Waals surface area contributed by atoms with Crippen LogP contribution in [0.3, 0.4) is 0 Å². The number of rotatable bonds is 1. The van der Waals surface area contributed by atoms with Gasteiger partial charge in [-0.15, -0.1) is 0 Å². The van der Waals surface area contributed by atoms with E-state index in [1.165, 1.54) is 0 Å². The largest absolute Gasteiger partial charge is 0.486 e. The minimum atomic E-state index is -0.551. The summed E-state index contributed by atoms with van der Waals surface area (Å²) in [7, 11) is 0. The number of carbonyl (C=O) groups is 3. The molecule has 0 bridgehead atoms. The van der Waals surface area contributed by atoms with Crippen LogP contribution in [0.15, 0.2) is 18.2 Å². The Hall–Kier alpha value is -2.08. The van der Waals surface area contributed by atoms with Crippen molar-refractivity contribution in [3.8, 4) is 5.75 Å². The first-order valence-corrected chi connectivity index (χ1v) is 10.3. The number of halogens is 1. The van der Waals surface area contributed by atoms with Crippen LogP contribution in [0.2, 0.25) is 5.02 Å². The summed E-state index contributed by atoms with van der Waals surface area (Å²) in [6.07, 6.45) is 2.06. The van der Waals surface area contributed by atoms with E-state index in [1.54, 1.807) is 30.0 Å². The minimum absolute atomic E-state index is 0.0533. The lowest BCUT2D eigenvalue weighted by molar-refractivity contribution is -0.140. The van der Waals surface area contributed by atoms with Crippen molar-refractivity contribution in [3.05, 3.63) is 28.8 Å². The molecular weight excluding hydrogens is 380 g/mol. The Morgan fingerprint density at radius 1 is 1.18 bits per heavy atom. The number of hydrogen-bond acceptors (Lipinski definition) is 4. The second-order valence-corrected chi connectivity index (χ2v) is 8.93. The average molecular weight is 403 g/mol. The van der Waals surface area contributed by atoms with Crippen LogP contribution in [0, 0.1) is 17.8 Å². The molecule has 2 amide bonds. The van der Waals surface area contributed by atoms with Crippen molar-refractivity contribution < 1.29 is 19.1 Å². The first kappa shape index (κ1) is 18.0. The van der Waals surface area contributed by atoms with E-state index in [-0.39, 0.29) is 29.4 Å². The lowest BCUT2D eigenvalue weighted by Gasteiger charge is -2.38. The van der Waals surface area contributed by atoms with Gasteiger partial charge in [-0.05, 0) is 37.0 Å². The number of ketones is 1. The fourth-order valence-corrected chi connectivity index (χ4v) is 5.75. The van der Waals surface area contributed by atoms with E-state index < -0.39 is 5.60 Å². The number of amides is 2. The third-order valence-electron chi connectivity index (χ3n) is 7.01. The number of nitrogens with zero attached hydrogens (tertiary/aromatic N) is 2. The summed E-state index contributed by atoms with van der Waals surface area (Å²) in [4.78, 5) is 41.0. The number of Topliss-reactive ketones (excluding diaryl/α,β-unsaturated/α-hetero) is 1. The van der Waals surface area contributed by atoms with Crippen molar-refractivity contribution in [3.63, 3.8) is 0 Å². The van der Waals surface area contributed by atoms with Crippen LogP contribution in [0.5, 0.6) is 5.75 Å². The molecule has 4 atom stereocenters. The fourth-order valence-electron chi connectivity index (χ4n) is 5.57. The Morgan fingerprint density at radius 3 is 2.61 bits per heavy atom. The first-order chi connectivity index (χ1) is 13.4. The zero-order valence-corrected chi connectivity index (χ0v) is 16.6. The van der Waals surface area contributed by atoms with Crippen molar-refractivity contribution in [2.45, 2.75) is 31.8 Å². The summed E-state index contributed by atoms with van der Waals surface area (Å²) in [5, 5.41) is 0.528. The van der Waals surface area contributed by atoms with E-state index in [0.717, 1.165) is 12.8 Å². The van der Waals surface area contributed by atoms with E-state index in [9.17, 15) is 14.4 Å². The lowest BCUT2D eigenvalue weighted by atomic mass is 9.84. The van der Waals surface area contributed by atoms with Gasteiger partial charge in [-0.1, -0.05) is 11.6 Å². The molecular formula is C21H23ClN2O4. The standard InChI is InChI=1S/C21H23ClN2O4/c1-12(25)23-6-8-24(9-7-23)20(27)18-14-4-5-21(19(14)18)11-16(26)15-10-13(22)2-3-17(15)28-21/h2-3,10,14,18-19H,4-9,11H2,1H3. The Bertz CT molecular complexity index is 879. The van der Waals surface area contributed by atoms with E-state index in [1.807, 2.05) is 4.90 Å². The molecule has 4 aliphatic rings. The number of ether oxygens (including phenoxy) is 1. The molecule has 2 aliphatic carbocycles. The molecule has 1 saturated heterocycles. The highest BCUT2D eigenvalue weighted by atomic mass is 35.5. The van der Waals surface area contributed by atoms with Gasteiger partial charge in [0, 0.05) is 50.0 Å². The van der Waals surface area contributed by atoms with Crippen molar-refractivity contribution in [2.24, 2.45) is 17.8 Å². The smallest absolute Gasteiger partial charge is 0.226 e. The summed E-state index contributed by atoms with van der Waals surface area (Å²) in [5.41, 5.74) is -0.00476. The Balaban J connectivity index is 1.32. The molecule has 3 fully saturated rings. The van der Waals surface area contributed by atoms with Crippen LogP contribution in [-0.2, 0) is 9.59 Å². The van der Waals surface area contributed by atoms with Gasteiger partial charge in [0.15, 0.2) is 5.78 Å². The molecule has 0 N–H and O–H groups in total. The molecule has 2 heterocycles. The van der Waals surface area contributed by atoms with Crippen LogP contribution in [-0.4, -0.2) is 59.2 Å². The summed E-state index contributed by atoms with van der Waals surface area (Å²) in [6.45, 7) is 3.93. The second kappa shape index (κ2) is 6.21. The normalized spacial score (nSPS) is 33.4. The number of carbonyl (C=O) groups excluding carboxylic acids is 3. The SMILES string of the molecule is CC(=O)N1CCN(C(=O)C2C3CCC4(CC(=O)c5cc(Cl)ccc5O4)C32)CC1. The molecule has 148 valence electrons. The third-order valence-corrected chi connectivity index (χ3v) is 7.25. The zero-order valence-electron chi connectivity index (χ0n) is 15.8.